The molecule has 0 radical (unpaired) electrons. The van der Waals surface area contributed by atoms with Gasteiger partial charge in [0.05, 0.1) is 25.8 Å². The van der Waals surface area contributed by atoms with Crippen LogP contribution in [0.15, 0.2) is 42.5 Å². The maximum absolute atomic E-state index is 12.3. The first-order valence-corrected chi connectivity index (χ1v) is 9.21. The first kappa shape index (κ1) is 19.3. The maximum Gasteiger partial charge on any atom is 0.238 e. The predicted molar refractivity (Wildman–Crippen MR) is 108 cm³/mol. The van der Waals surface area contributed by atoms with Gasteiger partial charge in [0, 0.05) is 37.6 Å². The van der Waals surface area contributed by atoms with Crippen LogP contribution >= 0.6 is 11.6 Å². The molecule has 2 aromatic rings. The normalized spacial score (nSPS) is 14.7. The standard InChI is InChI=1S/C20H24ClN3O3/c1-26-17-6-4-16(5-7-17)24-11-9-23(10-12-24)14-20(25)22-15-3-8-19(27-2)18(21)13-15/h3-8,13H,9-12,14H2,1-2H3,(H,22,25). The lowest BCUT2D eigenvalue weighted by atomic mass is 10.2. The van der Waals surface area contributed by atoms with Crippen molar-refractivity contribution < 1.29 is 14.3 Å². The minimum Gasteiger partial charge on any atom is -0.497 e. The lowest BCUT2D eigenvalue weighted by Gasteiger charge is -2.35. The Bertz CT molecular complexity index is 775. The molecule has 1 N–H and O–H groups in total. The molecular formula is C20H24ClN3O3. The Hall–Kier alpha value is -2.44. The van der Waals surface area contributed by atoms with Gasteiger partial charge in [-0.05, 0) is 42.5 Å². The van der Waals surface area contributed by atoms with Crippen LogP contribution in [0.1, 0.15) is 0 Å². The van der Waals surface area contributed by atoms with E-state index in [2.05, 4.69) is 27.2 Å². The number of anilines is 2. The van der Waals surface area contributed by atoms with Crippen molar-refractivity contribution in [3.8, 4) is 11.5 Å². The van der Waals surface area contributed by atoms with E-state index >= 15 is 0 Å². The summed E-state index contributed by atoms with van der Waals surface area (Å²) in [6.45, 7) is 3.80. The van der Waals surface area contributed by atoms with Gasteiger partial charge >= 0.3 is 0 Å². The molecule has 1 heterocycles. The highest BCUT2D eigenvalue weighted by atomic mass is 35.5. The van der Waals surface area contributed by atoms with E-state index in [0.29, 0.717) is 23.0 Å². The van der Waals surface area contributed by atoms with Crippen molar-refractivity contribution >= 4 is 28.9 Å². The van der Waals surface area contributed by atoms with Crippen LogP contribution in [-0.2, 0) is 4.79 Å². The van der Waals surface area contributed by atoms with Crippen molar-refractivity contribution in [3.63, 3.8) is 0 Å². The zero-order valence-corrected chi connectivity index (χ0v) is 16.3. The van der Waals surface area contributed by atoms with Crippen LogP contribution in [-0.4, -0.2) is 57.8 Å². The fourth-order valence-electron chi connectivity index (χ4n) is 3.10. The first-order chi connectivity index (χ1) is 13.1. The van der Waals surface area contributed by atoms with Crippen LogP contribution in [0.25, 0.3) is 0 Å². The quantitative estimate of drug-likeness (QED) is 0.822. The van der Waals surface area contributed by atoms with Crippen LogP contribution in [0.5, 0.6) is 11.5 Å². The zero-order valence-electron chi connectivity index (χ0n) is 15.6. The molecule has 2 aromatic carbocycles. The van der Waals surface area contributed by atoms with E-state index < -0.39 is 0 Å². The summed E-state index contributed by atoms with van der Waals surface area (Å²) in [4.78, 5) is 16.8. The lowest BCUT2D eigenvalue weighted by Crippen LogP contribution is -2.48. The Labute approximate surface area is 164 Å². The first-order valence-electron chi connectivity index (χ1n) is 8.84. The van der Waals surface area contributed by atoms with Gasteiger partial charge < -0.3 is 19.7 Å². The summed E-state index contributed by atoms with van der Waals surface area (Å²) in [5.74, 6) is 1.39. The van der Waals surface area contributed by atoms with Crippen LogP contribution in [0.2, 0.25) is 5.02 Å². The number of halogens is 1. The number of methoxy groups -OCH3 is 2. The molecule has 1 aliphatic rings. The number of carbonyl (C=O) groups is 1. The van der Waals surface area contributed by atoms with Gasteiger partial charge in [-0.1, -0.05) is 11.6 Å². The molecular weight excluding hydrogens is 366 g/mol. The largest absolute Gasteiger partial charge is 0.497 e. The summed E-state index contributed by atoms with van der Waals surface area (Å²) >= 11 is 6.10. The maximum atomic E-state index is 12.3. The summed E-state index contributed by atoms with van der Waals surface area (Å²) in [7, 11) is 3.23. The molecule has 0 aromatic heterocycles. The Morgan fingerprint density at radius 2 is 1.74 bits per heavy atom. The number of benzene rings is 2. The number of rotatable bonds is 6. The summed E-state index contributed by atoms with van der Waals surface area (Å²) in [6, 6.07) is 13.3. The smallest absolute Gasteiger partial charge is 0.238 e. The van der Waals surface area contributed by atoms with Crippen molar-refractivity contribution in [2.24, 2.45) is 0 Å². The molecule has 1 amide bonds. The van der Waals surface area contributed by atoms with Gasteiger partial charge in [-0.15, -0.1) is 0 Å². The summed E-state index contributed by atoms with van der Waals surface area (Å²) < 4.78 is 10.3. The molecule has 27 heavy (non-hydrogen) atoms. The molecule has 1 aliphatic heterocycles. The molecule has 0 saturated carbocycles. The van der Waals surface area contributed by atoms with E-state index in [1.54, 1.807) is 32.4 Å². The second-order valence-electron chi connectivity index (χ2n) is 6.36. The fourth-order valence-corrected chi connectivity index (χ4v) is 3.36. The predicted octanol–water partition coefficient (Wildman–Crippen LogP) is 3.12. The average Bonchev–Trinajstić information content (AvgIpc) is 2.69. The third kappa shape index (κ3) is 5.05. The zero-order chi connectivity index (χ0) is 19.2. The van der Waals surface area contributed by atoms with Crippen molar-refractivity contribution in [2.45, 2.75) is 0 Å². The second-order valence-corrected chi connectivity index (χ2v) is 6.77. The van der Waals surface area contributed by atoms with E-state index in [0.717, 1.165) is 31.9 Å². The van der Waals surface area contributed by atoms with Gasteiger partial charge in [-0.2, -0.15) is 0 Å². The molecule has 0 spiro atoms. The van der Waals surface area contributed by atoms with E-state index in [9.17, 15) is 4.79 Å². The van der Waals surface area contributed by atoms with Crippen molar-refractivity contribution in [3.05, 3.63) is 47.5 Å². The van der Waals surface area contributed by atoms with E-state index in [1.807, 2.05) is 12.1 Å². The molecule has 0 bridgehead atoms. The molecule has 0 atom stereocenters. The summed E-state index contributed by atoms with van der Waals surface area (Å²) in [5, 5.41) is 3.36. The highest BCUT2D eigenvalue weighted by molar-refractivity contribution is 6.32. The minimum absolute atomic E-state index is 0.0471. The summed E-state index contributed by atoms with van der Waals surface area (Å²) in [5.41, 5.74) is 1.84. The molecule has 3 rings (SSSR count). The molecule has 1 saturated heterocycles. The lowest BCUT2D eigenvalue weighted by molar-refractivity contribution is -0.117. The van der Waals surface area contributed by atoms with Gasteiger partial charge in [0.25, 0.3) is 0 Å². The summed E-state index contributed by atoms with van der Waals surface area (Å²) in [6.07, 6.45) is 0. The van der Waals surface area contributed by atoms with Crippen molar-refractivity contribution in [1.29, 1.82) is 0 Å². The topological polar surface area (TPSA) is 54.0 Å². The molecule has 1 fully saturated rings. The number of piperazine rings is 1. The molecule has 6 nitrogen and oxygen atoms in total. The number of nitrogens with zero attached hydrogens (tertiary/aromatic N) is 2. The molecule has 144 valence electrons. The van der Waals surface area contributed by atoms with Crippen LogP contribution in [0.4, 0.5) is 11.4 Å². The average molecular weight is 390 g/mol. The Kier molecular flexibility index (Phi) is 6.42. The molecule has 0 unspecified atom stereocenters. The number of ether oxygens (including phenoxy) is 2. The van der Waals surface area contributed by atoms with Gasteiger partial charge in [0.2, 0.25) is 5.91 Å². The highest BCUT2D eigenvalue weighted by Crippen LogP contribution is 2.27. The number of carbonyl (C=O) groups excluding carboxylic acids is 1. The number of nitrogens with one attached hydrogen (secondary N) is 1. The van der Waals surface area contributed by atoms with Gasteiger partial charge in [-0.3, -0.25) is 9.69 Å². The SMILES string of the molecule is COc1ccc(N2CCN(CC(=O)Nc3ccc(OC)c(Cl)c3)CC2)cc1. The highest BCUT2D eigenvalue weighted by Gasteiger charge is 2.19. The van der Waals surface area contributed by atoms with E-state index in [4.69, 9.17) is 21.1 Å². The van der Waals surface area contributed by atoms with E-state index in [1.165, 1.54) is 5.69 Å². The number of hydrogen-bond donors (Lipinski definition) is 1. The number of hydrogen-bond acceptors (Lipinski definition) is 5. The Balaban J connectivity index is 1.48. The van der Waals surface area contributed by atoms with Crippen LogP contribution in [0, 0.1) is 0 Å². The third-order valence-electron chi connectivity index (χ3n) is 4.61. The van der Waals surface area contributed by atoms with Gasteiger partial charge in [0.15, 0.2) is 0 Å². The van der Waals surface area contributed by atoms with Gasteiger partial charge in [0.1, 0.15) is 11.5 Å². The van der Waals surface area contributed by atoms with E-state index in [-0.39, 0.29) is 5.91 Å². The van der Waals surface area contributed by atoms with Crippen LogP contribution in [0.3, 0.4) is 0 Å². The monoisotopic (exact) mass is 389 g/mol. The Morgan fingerprint density at radius 1 is 1.04 bits per heavy atom. The van der Waals surface area contributed by atoms with Crippen molar-refractivity contribution in [2.75, 3.05) is 57.2 Å². The fraction of sp³-hybridized carbons (Fsp3) is 0.350. The van der Waals surface area contributed by atoms with Crippen molar-refractivity contribution in [1.82, 2.24) is 4.90 Å². The van der Waals surface area contributed by atoms with Gasteiger partial charge in [-0.25, -0.2) is 0 Å². The number of amides is 1. The van der Waals surface area contributed by atoms with Crippen LogP contribution < -0.4 is 19.7 Å². The Morgan fingerprint density at radius 3 is 2.33 bits per heavy atom. The molecule has 7 heteroatoms. The molecule has 0 aliphatic carbocycles. The minimum atomic E-state index is -0.0471. The second kappa shape index (κ2) is 8.97. The third-order valence-corrected chi connectivity index (χ3v) is 4.91.